The zero-order valence-corrected chi connectivity index (χ0v) is 10.6. The molecule has 0 radical (unpaired) electrons. The van der Waals surface area contributed by atoms with Gasteiger partial charge in [0.05, 0.1) is 11.7 Å². The molecule has 0 saturated carbocycles. The van der Waals surface area contributed by atoms with E-state index >= 15 is 0 Å². The van der Waals surface area contributed by atoms with Crippen molar-refractivity contribution in [1.82, 2.24) is 9.55 Å². The van der Waals surface area contributed by atoms with Gasteiger partial charge in [-0.05, 0) is 34.0 Å². The smallest absolute Gasteiger partial charge is 0.0718 e. The number of aromatic nitrogens is 2. The van der Waals surface area contributed by atoms with Crippen LogP contribution in [0.2, 0.25) is 0 Å². The molecule has 3 heteroatoms. The van der Waals surface area contributed by atoms with E-state index in [4.69, 9.17) is 0 Å². The van der Waals surface area contributed by atoms with E-state index in [1.807, 2.05) is 12.3 Å². The number of hydrogen-bond acceptors (Lipinski definition) is 1. The van der Waals surface area contributed by atoms with E-state index in [0.29, 0.717) is 0 Å². The summed E-state index contributed by atoms with van der Waals surface area (Å²) in [4.78, 5) is 0. The van der Waals surface area contributed by atoms with Crippen molar-refractivity contribution in [2.45, 2.75) is 26.2 Å². The van der Waals surface area contributed by atoms with Crippen LogP contribution in [0.1, 0.15) is 31.7 Å². The molecule has 1 aromatic carbocycles. The van der Waals surface area contributed by atoms with E-state index in [1.54, 1.807) is 4.45 Å². The molecule has 0 aliphatic heterocycles. The minimum absolute atomic E-state index is 0.984. The van der Waals surface area contributed by atoms with E-state index in [-0.39, 0.29) is 0 Å². The molecule has 2 rings (SSSR count). The van der Waals surface area contributed by atoms with Gasteiger partial charge in [-0.25, -0.2) is 0 Å². The first-order chi connectivity index (χ1) is 7.81. The molecule has 0 saturated heterocycles. The van der Waals surface area contributed by atoms with Crippen molar-refractivity contribution >= 4 is 20.3 Å². The summed E-state index contributed by atoms with van der Waals surface area (Å²) in [6.45, 7) is 2.18. The average Bonchev–Trinajstić information content (AvgIpc) is 2.66. The van der Waals surface area contributed by atoms with Gasteiger partial charge in [0.25, 0.3) is 0 Å². The maximum Gasteiger partial charge on any atom is 0.0718 e. The van der Waals surface area contributed by atoms with Gasteiger partial charge in [0.15, 0.2) is 0 Å². The lowest BCUT2D eigenvalue weighted by Crippen LogP contribution is -1.80. The highest BCUT2D eigenvalue weighted by Crippen LogP contribution is 2.16. The minimum atomic E-state index is 0.984. The van der Waals surface area contributed by atoms with Crippen LogP contribution in [-0.4, -0.2) is 9.55 Å². The molecule has 1 aromatic heterocycles. The Morgan fingerprint density at radius 3 is 3.12 bits per heavy atom. The third-order valence-electron chi connectivity index (χ3n) is 2.48. The molecule has 0 amide bonds. The second-order valence-electron chi connectivity index (χ2n) is 3.77. The highest BCUT2D eigenvalue weighted by molar-refractivity contribution is 7.14. The Bertz CT molecular complexity index is 546. The first-order valence-corrected chi connectivity index (χ1v) is 6.04. The quantitative estimate of drug-likeness (QED) is 0.440. The Morgan fingerprint density at radius 2 is 2.31 bits per heavy atom. The Balaban J connectivity index is 2.21. The van der Waals surface area contributed by atoms with Crippen molar-refractivity contribution in [1.29, 1.82) is 0 Å². The predicted octanol–water partition coefficient (Wildman–Crippen LogP) is 3.22. The molecule has 2 nitrogen and oxygen atoms in total. The molecule has 0 fully saturated rings. The van der Waals surface area contributed by atoms with E-state index in [9.17, 15) is 0 Å². The van der Waals surface area contributed by atoms with Gasteiger partial charge >= 0.3 is 0 Å². The number of benzene rings is 1. The highest BCUT2D eigenvalue weighted by atomic mass is 31.0. The molecular weight excluding hydrogens is 215 g/mol. The summed E-state index contributed by atoms with van der Waals surface area (Å²) in [6.07, 6.45) is 5.23. The number of hydrogen-bond donors (Lipinski definition) is 0. The zero-order chi connectivity index (χ0) is 11.4. The monoisotopic (exact) mass is 230 g/mol. The van der Waals surface area contributed by atoms with Crippen LogP contribution >= 0.6 is 9.39 Å². The van der Waals surface area contributed by atoms with Gasteiger partial charge in [0, 0.05) is 17.4 Å². The number of fused-ring (bicyclic) bond motifs is 1. The van der Waals surface area contributed by atoms with Crippen molar-refractivity contribution in [2.75, 3.05) is 0 Å². The molecule has 2 aromatic rings. The molecule has 1 heterocycles. The molecule has 82 valence electrons. The molecular formula is C13H15N2P. The summed E-state index contributed by atoms with van der Waals surface area (Å²) < 4.78 is 1.80. The van der Waals surface area contributed by atoms with Crippen molar-refractivity contribution < 1.29 is 0 Å². The molecule has 0 N–H and O–H groups in total. The van der Waals surface area contributed by atoms with Crippen LogP contribution in [0.3, 0.4) is 0 Å². The highest BCUT2D eigenvalue weighted by Gasteiger charge is 1.98. The van der Waals surface area contributed by atoms with Gasteiger partial charge in [-0.1, -0.05) is 25.2 Å². The number of unbranched alkanes of at least 4 members (excludes halogenated alkanes) is 2. The van der Waals surface area contributed by atoms with Gasteiger partial charge < -0.3 is 0 Å². The summed E-state index contributed by atoms with van der Waals surface area (Å²) in [5.41, 5.74) is 2.19. The van der Waals surface area contributed by atoms with Crippen molar-refractivity contribution in [3.05, 3.63) is 30.0 Å². The molecule has 0 aliphatic rings. The zero-order valence-electron chi connectivity index (χ0n) is 9.40. The molecule has 0 aliphatic carbocycles. The van der Waals surface area contributed by atoms with Crippen LogP contribution in [0.15, 0.2) is 24.4 Å². The van der Waals surface area contributed by atoms with Crippen molar-refractivity contribution in [3.63, 3.8) is 0 Å². The average molecular weight is 230 g/mol. The third kappa shape index (κ3) is 2.43. The summed E-state index contributed by atoms with van der Waals surface area (Å²) >= 11 is 0. The van der Waals surface area contributed by atoms with Crippen LogP contribution in [0, 0.1) is 11.8 Å². The second-order valence-corrected chi connectivity index (χ2v) is 4.26. The molecule has 1 unspecified atom stereocenters. The standard InChI is InChI=1S/C13H15N2P/c1-2-3-4-5-6-11-7-8-13-12(9-11)10-14-15(13)16/h7-10H,2-4,16H2,1H3. The molecule has 1 atom stereocenters. The largest absolute Gasteiger partial charge is 0.251 e. The lowest BCUT2D eigenvalue weighted by atomic mass is 10.1. The fourth-order valence-electron chi connectivity index (χ4n) is 1.56. The van der Waals surface area contributed by atoms with E-state index in [0.717, 1.165) is 22.9 Å². The third-order valence-corrected chi connectivity index (χ3v) is 2.90. The Hall–Kier alpha value is -1.32. The van der Waals surface area contributed by atoms with E-state index in [2.05, 4.69) is 45.4 Å². The van der Waals surface area contributed by atoms with E-state index < -0.39 is 0 Å². The van der Waals surface area contributed by atoms with Gasteiger partial charge in [0.2, 0.25) is 0 Å². The Morgan fingerprint density at radius 1 is 1.44 bits per heavy atom. The lowest BCUT2D eigenvalue weighted by molar-refractivity contribution is 0.828. The maximum absolute atomic E-state index is 4.18. The lowest BCUT2D eigenvalue weighted by Gasteiger charge is -1.94. The predicted molar refractivity (Wildman–Crippen MR) is 71.2 cm³/mol. The topological polar surface area (TPSA) is 17.8 Å². The summed E-state index contributed by atoms with van der Waals surface area (Å²) in [5, 5.41) is 5.31. The van der Waals surface area contributed by atoms with Gasteiger partial charge in [-0.2, -0.15) is 5.10 Å². The first kappa shape index (κ1) is 11.2. The summed E-state index contributed by atoms with van der Waals surface area (Å²) in [6, 6.07) is 6.19. The normalized spacial score (nSPS) is 10.1. The van der Waals surface area contributed by atoms with Gasteiger partial charge in [0.1, 0.15) is 0 Å². The van der Waals surface area contributed by atoms with Crippen LogP contribution in [0.5, 0.6) is 0 Å². The van der Waals surface area contributed by atoms with Gasteiger partial charge in [-0.3, -0.25) is 4.45 Å². The SMILES string of the molecule is CCCCC#Cc1ccc2c(cnn2P)c1. The Labute approximate surface area is 98.3 Å². The second kappa shape index (κ2) is 5.14. The molecule has 0 bridgehead atoms. The first-order valence-electron chi connectivity index (χ1n) is 5.53. The fraction of sp³-hybridized carbons (Fsp3) is 0.308. The van der Waals surface area contributed by atoms with Crippen molar-refractivity contribution in [2.24, 2.45) is 0 Å². The Kier molecular flexibility index (Phi) is 3.59. The minimum Gasteiger partial charge on any atom is -0.251 e. The van der Waals surface area contributed by atoms with Crippen LogP contribution in [0.4, 0.5) is 0 Å². The molecule has 0 spiro atoms. The molecule has 16 heavy (non-hydrogen) atoms. The van der Waals surface area contributed by atoms with Gasteiger partial charge in [-0.15, -0.1) is 0 Å². The van der Waals surface area contributed by atoms with Crippen LogP contribution in [-0.2, 0) is 0 Å². The summed E-state index contributed by atoms with van der Waals surface area (Å²) in [7, 11) is 2.57. The van der Waals surface area contributed by atoms with E-state index in [1.165, 1.54) is 12.8 Å². The fourth-order valence-corrected chi connectivity index (χ4v) is 1.86. The number of rotatable bonds is 2. The maximum atomic E-state index is 4.18. The summed E-state index contributed by atoms with van der Waals surface area (Å²) in [5.74, 6) is 6.38. The van der Waals surface area contributed by atoms with Crippen LogP contribution < -0.4 is 0 Å². The van der Waals surface area contributed by atoms with Crippen molar-refractivity contribution in [3.8, 4) is 11.8 Å². The van der Waals surface area contributed by atoms with Crippen LogP contribution in [0.25, 0.3) is 10.9 Å². The number of nitrogens with zero attached hydrogens (tertiary/aromatic N) is 2.